The van der Waals surface area contributed by atoms with Gasteiger partial charge in [0.25, 0.3) is 0 Å². The van der Waals surface area contributed by atoms with Crippen molar-refractivity contribution in [3.05, 3.63) is 48.7 Å². The highest BCUT2D eigenvalue weighted by atomic mass is 16.5. The molecule has 4 nitrogen and oxygen atoms in total. The largest absolute Gasteiger partial charge is 0.424 e. The molecule has 4 heteroatoms. The summed E-state index contributed by atoms with van der Waals surface area (Å²) in [5, 5.41) is 0.937. The number of Topliss-reactive ketones (excluding diaryl/α,β-unsaturated/α-hetero) is 1. The molecule has 0 aliphatic heterocycles. The lowest BCUT2D eigenvalue weighted by molar-refractivity contribution is -0.135. The number of para-hydroxylation sites is 1. The van der Waals surface area contributed by atoms with E-state index in [1.165, 1.54) is 0 Å². The van der Waals surface area contributed by atoms with Crippen LogP contribution in [0.3, 0.4) is 0 Å². The van der Waals surface area contributed by atoms with E-state index in [4.69, 9.17) is 4.74 Å². The average molecular weight is 337 g/mol. The molecule has 2 atom stereocenters. The summed E-state index contributed by atoms with van der Waals surface area (Å²) in [5.41, 5.74) is 0.684. The van der Waals surface area contributed by atoms with Crippen LogP contribution in [0.1, 0.15) is 39.0 Å². The van der Waals surface area contributed by atoms with Gasteiger partial charge in [0.1, 0.15) is 11.3 Å². The van der Waals surface area contributed by atoms with Crippen molar-refractivity contribution in [3.8, 4) is 5.75 Å². The predicted octanol–water partition coefficient (Wildman–Crippen LogP) is 4.48. The number of esters is 1. The number of aromatic nitrogens is 1. The van der Waals surface area contributed by atoms with Gasteiger partial charge in [0.05, 0.1) is 0 Å². The number of allylic oxidation sites excluding steroid dienone is 2. The summed E-state index contributed by atoms with van der Waals surface area (Å²) in [5.74, 6) is 0.480. The lowest BCUT2D eigenvalue weighted by Crippen LogP contribution is -2.20. The number of pyridine rings is 1. The number of ether oxygens (including phenoxy) is 1. The van der Waals surface area contributed by atoms with Crippen LogP contribution in [0.2, 0.25) is 0 Å². The zero-order valence-electron chi connectivity index (χ0n) is 14.5. The van der Waals surface area contributed by atoms with E-state index < -0.39 is 0 Å². The highest BCUT2D eigenvalue weighted by Gasteiger charge is 2.35. The SMILES string of the molecule is CC/C=C\C[C@@H]1C(=O)CC[C@H]1CC(=O)Oc1cccc2cccnc12. The third-order valence-corrected chi connectivity index (χ3v) is 4.78. The van der Waals surface area contributed by atoms with Gasteiger partial charge in [0.15, 0.2) is 5.75 Å². The van der Waals surface area contributed by atoms with Gasteiger partial charge in [0, 0.05) is 30.3 Å². The number of nitrogens with zero attached hydrogens (tertiary/aromatic N) is 1. The number of hydrogen-bond acceptors (Lipinski definition) is 4. The maximum absolute atomic E-state index is 12.4. The van der Waals surface area contributed by atoms with Gasteiger partial charge in [-0.1, -0.05) is 37.3 Å². The number of fused-ring (bicyclic) bond motifs is 1. The van der Waals surface area contributed by atoms with Crippen LogP contribution in [-0.2, 0) is 9.59 Å². The average Bonchev–Trinajstić information content (AvgIpc) is 2.95. The number of hydrogen-bond donors (Lipinski definition) is 0. The van der Waals surface area contributed by atoms with Crippen molar-refractivity contribution < 1.29 is 14.3 Å². The zero-order chi connectivity index (χ0) is 17.6. The van der Waals surface area contributed by atoms with Crippen LogP contribution in [0.4, 0.5) is 0 Å². The van der Waals surface area contributed by atoms with Crippen molar-refractivity contribution in [2.45, 2.75) is 39.0 Å². The molecule has 1 heterocycles. The highest BCUT2D eigenvalue weighted by Crippen LogP contribution is 2.34. The van der Waals surface area contributed by atoms with Gasteiger partial charge in [-0.25, -0.2) is 0 Å². The molecule has 130 valence electrons. The Morgan fingerprint density at radius 1 is 1.28 bits per heavy atom. The van der Waals surface area contributed by atoms with Crippen LogP contribution in [0.25, 0.3) is 10.9 Å². The fourth-order valence-electron chi connectivity index (χ4n) is 3.49. The molecule has 25 heavy (non-hydrogen) atoms. The lowest BCUT2D eigenvalue weighted by atomic mass is 9.89. The van der Waals surface area contributed by atoms with E-state index in [1.54, 1.807) is 12.3 Å². The van der Waals surface area contributed by atoms with E-state index in [-0.39, 0.29) is 30.0 Å². The molecule has 1 saturated carbocycles. The molecule has 1 aliphatic carbocycles. The smallest absolute Gasteiger partial charge is 0.311 e. The summed E-state index contributed by atoms with van der Waals surface area (Å²) < 4.78 is 5.57. The van der Waals surface area contributed by atoms with Gasteiger partial charge >= 0.3 is 5.97 Å². The molecule has 0 spiro atoms. The first-order chi connectivity index (χ1) is 12.2. The van der Waals surface area contributed by atoms with Crippen molar-refractivity contribution >= 4 is 22.7 Å². The third kappa shape index (κ3) is 4.13. The fourth-order valence-corrected chi connectivity index (χ4v) is 3.49. The number of carbonyl (C=O) groups excluding carboxylic acids is 2. The van der Waals surface area contributed by atoms with Gasteiger partial charge in [-0.3, -0.25) is 14.6 Å². The second-order valence-electron chi connectivity index (χ2n) is 6.50. The fraction of sp³-hybridized carbons (Fsp3) is 0.381. The van der Waals surface area contributed by atoms with Crippen LogP contribution in [0, 0.1) is 11.8 Å². The Bertz CT molecular complexity index is 791. The van der Waals surface area contributed by atoms with Gasteiger partial charge in [-0.2, -0.15) is 0 Å². The minimum atomic E-state index is -0.290. The molecule has 0 bridgehead atoms. The maximum Gasteiger partial charge on any atom is 0.311 e. The van der Waals surface area contributed by atoms with Crippen LogP contribution >= 0.6 is 0 Å². The first kappa shape index (κ1) is 17.3. The second-order valence-corrected chi connectivity index (χ2v) is 6.50. The number of rotatable bonds is 6. The van der Waals surface area contributed by atoms with Gasteiger partial charge in [0.2, 0.25) is 0 Å². The second kappa shape index (κ2) is 8.06. The Hall–Kier alpha value is -2.49. The van der Waals surface area contributed by atoms with Gasteiger partial charge < -0.3 is 4.74 Å². The molecule has 0 N–H and O–H groups in total. The Morgan fingerprint density at radius 2 is 2.12 bits per heavy atom. The molecule has 0 saturated heterocycles. The summed E-state index contributed by atoms with van der Waals surface area (Å²) in [6, 6.07) is 9.34. The van der Waals surface area contributed by atoms with Crippen LogP contribution in [0.5, 0.6) is 5.75 Å². The van der Waals surface area contributed by atoms with E-state index >= 15 is 0 Å². The quantitative estimate of drug-likeness (QED) is 0.443. The number of carbonyl (C=O) groups is 2. The van der Waals surface area contributed by atoms with Crippen LogP contribution in [0.15, 0.2) is 48.7 Å². The van der Waals surface area contributed by atoms with Crippen molar-refractivity contribution in [1.29, 1.82) is 0 Å². The Morgan fingerprint density at radius 3 is 2.96 bits per heavy atom. The number of ketones is 1. The predicted molar refractivity (Wildman–Crippen MR) is 97.3 cm³/mol. The van der Waals surface area contributed by atoms with Crippen LogP contribution in [-0.4, -0.2) is 16.7 Å². The molecule has 1 fully saturated rings. The van der Waals surface area contributed by atoms with Gasteiger partial charge in [-0.05, 0) is 37.3 Å². The Kier molecular flexibility index (Phi) is 5.59. The Labute approximate surface area is 147 Å². The van der Waals surface area contributed by atoms with E-state index in [1.807, 2.05) is 24.3 Å². The maximum atomic E-state index is 12.4. The third-order valence-electron chi connectivity index (χ3n) is 4.78. The van der Waals surface area contributed by atoms with Crippen molar-refractivity contribution in [2.24, 2.45) is 11.8 Å². The van der Waals surface area contributed by atoms with Crippen molar-refractivity contribution in [3.63, 3.8) is 0 Å². The van der Waals surface area contributed by atoms with Crippen molar-refractivity contribution in [2.75, 3.05) is 0 Å². The molecule has 1 aromatic heterocycles. The van der Waals surface area contributed by atoms with Crippen LogP contribution < -0.4 is 4.74 Å². The summed E-state index contributed by atoms with van der Waals surface area (Å²) in [6.45, 7) is 2.07. The topological polar surface area (TPSA) is 56.3 Å². The molecule has 0 amide bonds. The van der Waals surface area contributed by atoms with E-state index in [9.17, 15) is 9.59 Å². The van der Waals surface area contributed by atoms with Gasteiger partial charge in [-0.15, -0.1) is 0 Å². The monoisotopic (exact) mass is 337 g/mol. The summed E-state index contributed by atoms with van der Waals surface area (Å²) in [7, 11) is 0. The van der Waals surface area contributed by atoms with E-state index in [2.05, 4.69) is 24.1 Å². The van der Waals surface area contributed by atoms with E-state index in [0.29, 0.717) is 17.7 Å². The van der Waals surface area contributed by atoms with Crippen molar-refractivity contribution in [1.82, 2.24) is 4.98 Å². The molecule has 0 radical (unpaired) electrons. The summed E-state index contributed by atoms with van der Waals surface area (Å²) in [4.78, 5) is 28.8. The zero-order valence-corrected chi connectivity index (χ0v) is 14.5. The Balaban J connectivity index is 1.67. The molecular weight excluding hydrogens is 314 g/mol. The lowest BCUT2D eigenvalue weighted by Gasteiger charge is -2.16. The molecule has 1 aliphatic rings. The molecule has 1 aromatic carbocycles. The normalized spacial score (nSPS) is 20.4. The summed E-state index contributed by atoms with van der Waals surface area (Å²) >= 11 is 0. The molecule has 3 rings (SSSR count). The first-order valence-corrected chi connectivity index (χ1v) is 8.91. The highest BCUT2D eigenvalue weighted by molar-refractivity contribution is 5.88. The first-order valence-electron chi connectivity index (χ1n) is 8.91. The standard InChI is InChI=1S/C21H23NO3/c1-2-3-4-9-17-16(11-12-18(17)23)14-20(24)25-19-10-5-7-15-8-6-13-22-21(15)19/h3-8,10,13,16-17H,2,9,11-12,14H2,1H3/b4-3-/t16-,17-/m0/s1. The number of benzene rings is 1. The molecule has 0 unspecified atom stereocenters. The minimum absolute atomic E-state index is 0.0546. The minimum Gasteiger partial charge on any atom is -0.424 e. The van der Waals surface area contributed by atoms with E-state index in [0.717, 1.165) is 24.6 Å². The summed E-state index contributed by atoms with van der Waals surface area (Å²) in [6.07, 6.45) is 9.11. The molecule has 2 aromatic rings. The molecular formula is C21H23NO3.